The first-order valence-electron chi connectivity index (χ1n) is 11.0. The lowest BCUT2D eigenvalue weighted by Crippen LogP contribution is -2.56. The lowest BCUT2D eigenvalue weighted by atomic mass is 9.62. The molecule has 2 amide bonds. The molecule has 2 bridgehead atoms. The van der Waals surface area contributed by atoms with Gasteiger partial charge in [-0.25, -0.2) is 0 Å². The summed E-state index contributed by atoms with van der Waals surface area (Å²) in [7, 11) is 0. The quantitative estimate of drug-likeness (QED) is 0.625. The van der Waals surface area contributed by atoms with Gasteiger partial charge in [0.2, 0.25) is 11.8 Å². The van der Waals surface area contributed by atoms with Crippen LogP contribution in [0, 0.1) is 17.8 Å². The highest BCUT2D eigenvalue weighted by atomic mass is 35.5. The first-order valence-corrected chi connectivity index (χ1v) is 11.3. The van der Waals surface area contributed by atoms with Gasteiger partial charge in [-0.2, -0.15) is 0 Å². The molecule has 1 spiro atoms. The summed E-state index contributed by atoms with van der Waals surface area (Å²) in [6, 6.07) is 5.03. The van der Waals surface area contributed by atoms with Crippen molar-refractivity contribution in [3.8, 4) is 0 Å². The molecule has 3 aliphatic rings. The molecule has 9 heteroatoms. The molecule has 174 valence electrons. The lowest BCUT2D eigenvalue weighted by molar-refractivity contribution is -0.161. The Labute approximate surface area is 192 Å². The molecule has 3 aliphatic heterocycles. The fourth-order valence-corrected chi connectivity index (χ4v) is 6.00. The Morgan fingerprint density at radius 3 is 2.62 bits per heavy atom. The standard InChI is InChI=1S/C23H29ClN2O6/c1-5-31-21(30)17-16-20(29)26(13(3)11-27)18(23(16)10-12(2)22(17,4)32-23)19(28)25-15-8-6-14(24)7-9-15/h6-9,12-13,16-18,27H,5,10-11H2,1-4H3,(H,25,28)/t12?,13-,16+,17+,18?,22-,23?/m1/s1. The number of hydrogen-bond acceptors (Lipinski definition) is 6. The number of amides is 2. The van der Waals surface area contributed by atoms with Gasteiger partial charge in [-0.05, 0) is 57.4 Å². The van der Waals surface area contributed by atoms with Crippen LogP contribution in [-0.4, -0.2) is 64.3 Å². The fraction of sp³-hybridized carbons (Fsp3) is 0.609. The van der Waals surface area contributed by atoms with E-state index in [4.69, 9.17) is 21.1 Å². The minimum Gasteiger partial charge on any atom is -0.466 e. The smallest absolute Gasteiger partial charge is 0.312 e. The highest BCUT2D eigenvalue weighted by molar-refractivity contribution is 6.30. The van der Waals surface area contributed by atoms with Gasteiger partial charge in [0.1, 0.15) is 17.6 Å². The molecule has 3 heterocycles. The second-order valence-electron chi connectivity index (χ2n) is 9.23. The van der Waals surface area contributed by atoms with E-state index in [1.807, 2.05) is 13.8 Å². The number of carbonyl (C=O) groups excluding carboxylic acids is 3. The monoisotopic (exact) mass is 464 g/mol. The molecular weight excluding hydrogens is 436 g/mol. The minimum absolute atomic E-state index is 0.0730. The van der Waals surface area contributed by atoms with Crippen LogP contribution in [0.2, 0.25) is 5.02 Å². The molecule has 1 aromatic rings. The van der Waals surface area contributed by atoms with Gasteiger partial charge in [-0.3, -0.25) is 14.4 Å². The number of esters is 1. The van der Waals surface area contributed by atoms with Gasteiger partial charge in [0, 0.05) is 10.7 Å². The van der Waals surface area contributed by atoms with Crippen molar-refractivity contribution in [1.82, 2.24) is 4.90 Å². The lowest BCUT2D eigenvalue weighted by Gasteiger charge is -2.36. The van der Waals surface area contributed by atoms with Crippen molar-refractivity contribution in [3.63, 3.8) is 0 Å². The third-order valence-electron chi connectivity index (χ3n) is 7.39. The normalized spacial score (nSPS) is 36.2. The Morgan fingerprint density at radius 2 is 2.03 bits per heavy atom. The second-order valence-corrected chi connectivity index (χ2v) is 9.67. The van der Waals surface area contributed by atoms with Crippen LogP contribution >= 0.6 is 11.6 Å². The maximum absolute atomic E-state index is 13.7. The van der Waals surface area contributed by atoms with Crippen LogP contribution in [0.3, 0.4) is 0 Å². The van der Waals surface area contributed by atoms with E-state index >= 15 is 0 Å². The number of aliphatic hydroxyl groups excluding tert-OH is 1. The van der Waals surface area contributed by atoms with Gasteiger partial charge >= 0.3 is 5.97 Å². The number of rotatable bonds is 6. The summed E-state index contributed by atoms with van der Waals surface area (Å²) in [5.74, 6) is -3.02. The summed E-state index contributed by atoms with van der Waals surface area (Å²) in [4.78, 5) is 41.6. The molecule has 0 aliphatic carbocycles. The summed E-state index contributed by atoms with van der Waals surface area (Å²) in [6.07, 6.45) is 0.448. The van der Waals surface area contributed by atoms with Gasteiger partial charge in [-0.1, -0.05) is 18.5 Å². The van der Waals surface area contributed by atoms with Gasteiger partial charge in [0.05, 0.1) is 30.8 Å². The van der Waals surface area contributed by atoms with E-state index in [0.29, 0.717) is 17.1 Å². The Hall–Kier alpha value is -2.16. The zero-order valence-electron chi connectivity index (χ0n) is 18.6. The number of hydrogen-bond donors (Lipinski definition) is 2. The first-order chi connectivity index (χ1) is 15.1. The maximum Gasteiger partial charge on any atom is 0.312 e. The molecular formula is C23H29ClN2O6. The average molecular weight is 465 g/mol. The minimum atomic E-state index is -1.18. The Morgan fingerprint density at radius 1 is 1.38 bits per heavy atom. The summed E-state index contributed by atoms with van der Waals surface area (Å²) in [5.41, 5.74) is -1.57. The molecule has 3 fully saturated rings. The van der Waals surface area contributed by atoms with Crippen LogP contribution in [0.5, 0.6) is 0 Å². The van der Waals surface area contributed by atoms with Crippen LogP contribution in [-0.2, 0) is 23.9 Å². The summed E-state index contributed by atoms with van der Waals surface area (Å²) in [5, 5.41) is 13.2. The third-order valence-corrected chi connectivity index (χ3v) is 7.64. The molecule has 3 unspecified atom stereocenters. The topological polar surface area (TPSA) is 105 Å². The maximum atomic E-state index is 13.7. The molecule has 3 saturated heterocycles. The molecule has 1 aromatic carbocycles. The van der Waals surface area contributed by atoms with Crippen molar-refractivity contribution in [1.29, 1.82) is 0 Å². The number of benzene rings is 1. The number of ether oxygens (including phenoxy) is 2. The predicted molar refractivity (Wildman–Crippen MR) is 117 cm³/mol. The zero-order valence-corrected chi connectivity index (χ0v) is 19.4. The molecule has 32 heavy (non-hydrogen) atoms. The number of halogens is 1. The molecule has 8 nitrogen and oxygen atoms in total. The van der Waals surface area contributed by atoms with Crippen molar-refractivity contribution >= 4 is 35.1 Å². The van der Waals surface area contributed by atoms with E-state index in [1.54, 1.807) is 38.1 Å². The van der Waals surface area contributed by atoms with E-state index in [1.165, 1.54) is 4.90 Å². The van der Waals surface area contributed by atoms with Crippen LogP contribution in [0.15, 0.2) is 24.3 Å². The molecule has 0 saturated carbocycles. The van der Waals surface area contributed by atoms with Crippen LogP contribution in [0.1, 0.15) is 34.1 Å². The van der Waals surface area contributed by atoms with Crippen molar-refractivity contribution in [2.45, 2.75) is 57.4 Å². The van der Waals surface area contributed by atoms with Gasteiger partial charge in [0.25, 0.3) is 0 Å². The summed E-state index contributed by atoms with van der Waals surface area (Å²) >= 11 is 5.95. The number of nitrogens with zero attached hydrogens (tertiary/aromatic N) is 1. The third kappa shape index (κ3) is 3.15. The summed E-state index contributed by atoms with van der Waals surface area (Å²) in [6.45, 7) is 7.05. The number of anilines is 1. The van der Waals surface area contributed by atoms with E-state index < -0.39 is 47.0 Å². The first kappa shape index (κ1) is 23.0. The van der Waals surface area contributed by atoms with E-state index in [9.17, 15) is 19.5 Å². The molecule has 0 aromatic heterocycles. The van der Waals surface area contributed by atoms with Crippen LogP contribution < -0.4 is 5.32 Å². The zero-order chi connectivity index (χ0) is 23.4. The molecule has 2 N–H and O–H groups in total. The largest absolute Gasteiger partial charge is 0.466 e. The van der Waals surface area contributed by atoms with E-state index in [-0.39, 0.29) is 25.0 Å². The number of nitrogens with one attached hydrogen (secondary N) is 1. The summed E-state index contributed by atoms with van der Waals surface area (Å²) < 4.78 is 11.8. The molecule has 7 atom stereocenters. The van der Waals surface area contributed by atoms with Crippen molar-refractivity contribution in [2.24, 2.45) is 17.8 Å². The second kappa shape index (κ2) is 8.01. The van der Waals surface area contributed by atoms with Crippen molar-refractivity contribution in [3.05, 3.63) is 29.3 Å². The van der Waals surface area contributed by atoms with E-state index in [2.05, 4.69) is 5.32 Å². The van der Waals surface area contributed by atoms with E-state index in [0.717, 1.165) is 0 Å². The Bertz CT molecular complexity index is 939. The van der Waals surface area contributed by atoms with Crippen LogP contribution in [0.4, 0.5) is 5.69 Å². The number of likely N-dealkylation sites (tertiary alicyclic amines) is 1. The molecule has 4 rings (SSSR count). The fourth-order valence-electron chi connectivity index (χ4n) is 5.87. The SMILES string of the molecule is CCOC(=O)[C@@H]1[C@H]2C(=O)N([C@H](C)CO)C(C(=O)Nc3ccc(Cl)cc3)C23CC(C)[C@@]1(C)O3. The van der Waals surface area contributed by atoms with Gasteiger partial charge in [-0.15, -0.1) is 0 Å². The van der Waals surface area contributed by atoms with Crippen molar-refractivity contribution < 1.29 is 29.0 Å². The van der Waals surface area contributed by atoms with Crippen LogP contribution in [0.25, 0.3) is 0 Å². The highest BCUT2D eigenvalue weighted by Gasteiger charge is 2.80. The Balaban J connectivity index is 1.77. The number of fused-ring (bicyclic) bond motifs is 1. The van der Waals surface area contributed by atoms with Crippen molar-refractivity contribution in [2.75, 3.05) is 18.5 Å². The van der Waals surface area contributed by atoms with Gasteiger partial charge < -0.3 is 24.8 Å². The Kier molecular flexibility index (Phi) is 5.76. The predicted octanol–water partition coefficient (Wildman–Crippen LogP) is 2.23. The number of carbonyl (C=O) groups is 3. The number of aliphatic hydroxyl groups is 1. The average Bonchev–Trinajstić information content (AvgIpc) is 3.26. The molecule has 0 radical (unpaired) electrons. The van der Waals surface area contributed by atoms with Gasteiger partial charge in [0.15, 0.2) is 0 Å². The highest BCUT2D eigenvalue weighted by Crippen LogP contribution is 2.65.